The highest BCUT2D eigenvalue weighted by Gasteiger charge is 2.25. The second-order valence-electron chi connectivity index (χ2n) is 3.97. The molecule has 0 amide bonds. The Hall–Kier alpha value is -0.960. The predicted molar refractivity (Wildman–Crippen MR) is 59.9 cm³/mol. The van der Waals surface area contributed by atoms with E-state index in [0.29, 0.717) is 0 Å². The molecule has 0 fully saturated rings. The van der Waals surface area contributed by atoms with E-state index in [2.05, 4.69) is 11.9 Å². The van der Waals surface area contributed by atoms with Crippen LogP contribution in [0.15, 0.2) is 18.3 Å². The molecule has 2 N–H and O–H groups in total. The van der Waals surface area contributed by atoms with Gasteiger partial charge in [-0.25, -0.2) is 4.39 Å². The van der Waals surface area contributed by atoms with Crippen molar-refractivity contribution in [2.45, 2.75) is 45.1 Å². The van der Waals surface area contributed by atoms with Crippen LogP contribution in [0.5, 0.6) is 0 Å². The summed E-state index contributed by atoms with van der Waals surface area (Å²) in [6, 6.07) is 3.11. The number of nitrogens with two attached hydrogens (primary N) is 1. The third kappa shape index (κ3) is 2.99. The van der Waals surface area contributed by atoms with Crippen LogP contribution in [-0.2, 0) is 5.54 Å². The zero-order valence-electron chi connectivity index (χ0n) is 9.46. The molecular weight excluding hydrogens is 191 g/mol. The van der Waals surface area contributed by atoms with E-state index in [9.17, 15) is 4.39 Å². The van der Waals surface area contributed by atoms with E-state index in [1.807, 2.05) is 6.92 Å². The monoisotopic (exact) mass is 210 g/mol. The average Bonchev–Trinajstić information content (AvgIpc) is 2.27. The molecule has 1 aromatic heterocycles. The van der Waals surface area contributed by atoms with Crippen LogP contribution < -0.4 is 5.73 Å². The van der Waals surface area contributed by atoms with Gasteiger partial charge in [-0.1, -0.05) is 26.7 Å². The third-order valence-electron chi connectivity index (χ3n) is 2.84. The molecule has 2 nitrogen and oxygen atoms in total. The van der Waals surface area contributed by atoms with E-state index in [0.717, 1.165) is 31.4 Å². The Morgan fingerprint density at radius 1 is 1.40 bits per heavy atom. The third-order valence-corrected chi connectivity index (χ3v) is 2.84. The Labute approximate surface area is 90.7 Å². The van der Waals surface area contributed by atoms with Crippen molar-refractivity contribution >= 4 is 0 Å². The normalized spacial score (nSPS) is 14.9. The Bertz CT molecular complexity index is 297. The lowest BCUT2D eigenvalue weighted by Crippen LogP contribution is -2.36. The molecule has 0 spiro atoms. The van der Waals surface area contributed by atoms with E-state index in [-0.39, 0.29) is 5.82 Å². The van der Waals surface area contributed by atoms with Crippen molar-refractivity contribution in [2.24, 2.45) is 5.73 Å². The second kappa shape index (κ2) is 5.21. The van der Waals surface area contributed by atoms with Gasteiger partial charge in [-0.3, -0.25) is 4.98 Å². The topological polar surface area (TPSA) is 38.9 Å². The quantitative estimate of drug-likeness (QED) is 0.811. The fraction of sp³-hybridized carbons (Fsp3) is 0.583. The minimum atomic E-state index is -0.399. The maximum atomic E-state index is 12.7. The van der Waals surface area contributed by atoms with Gasteiger partial charge < -0.3 is 5.73 Å². The van der Waals surface area contributed by atoms with Crippen LogP contribution in [0.3, 0.4) is 0 Å². The minimum Gasteiger partial charge on any atom is -0.320 e. The molecule has 3 heteroatoms. The van der Waals surface area contributed by atoms with E-state index in [1.54, 1.807) is 6.07 Å². The van der Waals surface area contributed by atoms with Crippen molar-refractivity contribution in [1.82, 2.24) is 4.98 Å². The standard InChI is InChI=1S/C12H19FN2/c1-3-5-8-12(14,4-2)11-7-6-10(13)9-15-11/h6-7,9H,3-5,8,14H2,1-2H3. The molecule has 0 saturated carbocycles. The van der Waals surface area contributed by atoms with Crippen LogP contribution in [0.2, 0.25) is 0 Å². The Kier molecular flexibility index (Phi) is 4.21. The van der Waals surface area contributed by atoms with Gasteiger partial charge in [0.2, 0.25) is 0 Å². The summed E-state index contributed by atoms with van der Waals surface area (Å²) in [5.74, 6) is -0.312. The molecule has 1 unspecified atom stereocenters. The molecule has 0 aliphatic heterocycles. The number of nitrogens with zero attached hydrogens (tertiary/aromatic N) is 1. The lowest BCUT2D eigenvalue weighted by Gasteiger charge is -2.27. The van der Waals surface area contributed by atoms with Crippen molar-refractivity contribution in [1.29, 1.82) is 0 Å². The summed E-state index contributed by atoms with van der Waals surface area (Å²) in [4.78, 5) is 4.07. The van der Waals surface area contributed by atoms with E-state index in [4.69, 9.17) is 5.73 Å². The summed E-state index contributed by atoms with van der Waals surface area (Å²) in [6.07, 6.45) is 5.15. The molecule has 1 atom stereocenters. The first-order chi connectivity index (χ1) is 7.12. The first-order valence-electron chi connectivity index (χ1n) is 5.53. The fourth-order valence-corrected chi connectivity index (χ4v) is 1.65. The molecule has 1 rings (SSSR count). The first kappa shape index (κ1) is 12.1. The average molecular weight is 210 g/mol. The van der Waals surface area contributed by atoms with Crippen LogP contribution in [-0.4, -0.2) is 4.98 Å². The van der Waals surface area contributed by atoms with Crippen LogP contribution in [0.4, 0.5) is 4.39 Å². The number of hydrogen-bond acceptors (Lipinski definition) is 2. The van der Waals surface area contributed by atoms with Gasteiger partial charge in [0.05, 0.1) is 17.4 Å². The van der Waals surface area contributed by atoms with Gasteiger partial charge in [0.1, 0.15) is 5.82 Å². The van der Waals surface area contributed by atoms with E-state index < -0.39 is 5.54 Å². The van der Waals surface area contributed by atoms with Crippen molar-refractivity contribution in [2.75, 3.05) is 0 Å². The van der Waals surface area contributed by atoms with Gasteiger partial charge in [-0.2, -0.15) is 0 Å². The first-order valence-corrected chi connectivity index (χ1v) is 5.53. The van der Waals surface area contributed by atoms with Crippen LogP contribution >= 0.6 is 0 Å². The van der Waals surface area contributed by atoms with Crippen LogP contribution in [0.25, 0.3) is 0 Å². The number of pyridine rings is 1. The van der Waals surface area contributed by atoms with Crippen LogP contribution in [0, 0.1) is 5.82 Å². The molecule has 84 valence electrons. The molecule has 0 aliphatic carbocycles. The number of aromatic nitrogens is 1. The maximum absolute atomic E-state index is 12.7. The molecule has 0 aliphatic rings. The van der Waals surface area contributed by atoms with Crippen molar-refractivity contribution < 1.29 is 4.39 Å². The Morgan fingerprint density at radius 3 is 2.60 bits per heavy atom. The Morgan fingerprint density at radius 2 is 2.13 bits per heavy atom. The van der Waals surface area contributed by atoms with Gasteiger partial charge >= 0.3 is 0 Å². The van der Waals surface area contributed by atoms with E-state index >= 15 is 0 Å². The van der Waals surface area contributed by atoms with Crippen molar-refractivity contribution in [3.63, 3.8) is 0 Å². The Balaban J connectivity index is 2.85. The molecule has 0 bridgehead atoms. The molecular formula is C12H19FN2. The number of unbranched alkanes of at least 4 members (excludes halogenated alkanes) is 1. The summed E-state index contributed by atoms with van der Waals surface area (Å²) < 4.78 is 12.7. The molecule has 1 heterocycles. The maximum Gasteiger partial charge on any atom is 0.141 e. The number of halogens is 1. The zero-order valence-corrected chi connectivity index (χ0v) is 9.46. The highest BCUT2D eigenvalue weighted by atomic mass is 19.1. The van der Waals surface area contributed by atoms with Gasteiger partial charge in [-0.15, -0.1) is 0 Å². The molecule has 0 saturated heterocycles. The lowest BCUT2D eigenvalue weighted by molar-refractivity contribution is 0.369. The molecule has 1 aromatic rings. The largest absolute Gasteiger partial charge is 0.320 e. The number of rotatable bonds is 5. The molecule has 15 heavy (non-hydrogen) atoms. The lowest BCUT2D eigenvalue weighted by atomic mass is 9.87. The zero-order chi connectivity index (χ0) is 11.3. The summed E-state index contributed by atoms with van der Waals surface area (Å²) in [5.41, 5.74) is 6.66. The van der Waals surface area contributed by atoms with E-state index in [1.165, 1.54) is 12.3 Å². The van der Waals surface area contributed by atoms with Crippen LogP contribution in [0.1, 0.15) is 45.2 Å². The fourth-order valence-electron chi connectivity index (χ4n) is 1.65. The second-order valence-corrected chi connectivity index (χ2v) is 3.97. The van der Waals surface area contributed by atoms with Gasteiger partial charge in [0.25, 0.3) is 0 Å². The smallest absolute Gasteiger partial charge is 0.141 e. The van der Waals surface area contributed by atoms with Crippen molar-refractivity contribution in [3.05, 3.63) is 29.8 Å². The summed E-state index contributed by atoms with van der Waals surface area (Å²) in [7, 11) is 0. The summed E-state index contributed by atoms with van der Waals surface area (Å²) in [5, 5.41) is 0. The van der Waals surface area contributed by atoms with Crippen molar-refractivity contribution in [3.8, 4) is 0 Å². The minimum absolute atomic E-state index is 0.312. The van der Waals surface area contributed by atoms with Gasteiger partial charge in [0.15, 0.2) is 0 Å². The summed E-state index contributed by atoms with van der Waals surface area (Å²) >= 11 is 0. The highest BCUT2D eigenvalue weighted by molar-refractivity contribution is 5.15. The predicted octanol–water partition coefficient (Wildman–Crippen LogP) is 2.97. The number of hydrogen-bond donors (Lipinski definition) is 1. The van der Waals surface area contributed by atoms with Gasteiger partial charge in [0, 0.05) is 0 Å². The SMILES string of the molecule is CCCCC(N)(CC)c1ccc(F)cn1. The van der Waals surface area contributed by atoms with Gasteiger partial charge in [-0.05, 0) is 25.0 Å². The molecule has 0 radical (unpaired) electrons. The molecule has 0 aromatic carbocycles. The highest BCUT2D eigenvalue weighted by Crippen LogP contribution is 2.26. The summed E-state index contributed by atoms with van der Waals surface area (Å²) in [6.45, 7) is 4.18.